The van der Waals surface area contributed by atoms with Crippen molar-refractivity contribution in [2.24, 2.45) is 11.8 Å². The highest BCUT2D eigenvalue weighted by molar-refractivity contribution is 7.99. The highest BCUT2D eigenvalue weighted by Gasteiger charge is 2.26. The lowest BCUT2D eigenvalue weighted by Gasteiger charge is -2.25. The molecular formula is C17H27NS. The third kappa shape index (κ3) is 4.25. The van der Waals surface area contributed by atoms with E-state index in [-0.39, 0.29) is 0 Å². The number of hydrogen-bond donors (Lipinski definition) is 1. The maximum absolute atomic E-state index is 3.71. The predicted octanol–water partition coefficient (Wildman–Crippen LogP) is 4.29. The van der Waals surface area contributed by atoms with E-state index < -0.39 is 0 Å². The number of benzene rings is 1. The van der Waals surface area contributed by atoms with Crippen molar-refractivity contribution in [1.82, 2.24) is 5.32 Å². The lowest BCUT2D eigenvalue weighted by atomic mass is 9.90. The molecule has 2 heteroatoms. The van der Waals surface area contributed by atoms with Crippen molar-refractivity contribution in [3.05, 3.63) is 35.4 Å². The molecule has 0 aromatic heterocycles. The Labute approximate surface area is 122 Å². The summed E-state index contributed by atoms with van der Waals surface area (Å²) in [6.07, 6.45) is 2.54. The SMILES string of the molecule is CCNC(c1cccc(CC(C)C)c1)C1CCSC1. The Kier molecular flexibility index (Phi) is 5.77. The quantitative estimate of drug-likeness (QED) is 0.832. The van der Waals surface area contributed by atoms with Gasteiger partial charge in [0.1, 0.15) is 0 Å². The summed E-state index contributed by atoms with van der Waals surface area (Å²) in [6.45, 7) is 7.86. The first kappa shape index (κ1) is 14.9. The van der Waals surface area contributed by atoms with E-state index in [9.17, 15) is 0 Å². The van der Waals surface area contributed by atoms with Gasteiger partial charge < -0.3 is 5.32 Å². The normalized spacial score (nSPS) is 20.9. The van der Waals surface area contributed by atoms with Crippen LogP contribution in [-0.4, -0.2) is 18.1 Å². The number of rotatable bonds is 6. The van der Waals surface area contributed by atoms with Gasteiger partial charge in [0, 0.05) is 6.04 Å². The molecule has 0 amide bonds. The maximum atomic E-state index is 3.71. The summed E-state index contributed by atoms with van der Waals surface area (Å²) in [5.41, 5.74) is 2.98. The molecule has 0 radical (unpaired) electrons. The monoisotopic (exact) mass is 277 g/mol. The van der Waals surface area contributed by atoms with Gasteiger partial charge >= 0.3 is 0 Å². The molecule has 1 aromatic rings. The lowest BCUT2D eigenvalue weighted by Crippen LogP contribution is -2.28. The second kappa shape index (κ2) is 7.35. The summed E-state index contributed by atoms with van der Waals surface area (Å²) in [5, 5.41) is 3.71. The molecule has 0 bridgehead atoms. The van der Waals surface area contributed by atoms with Gasteiger partial charge in [-0.3, -0.25) is 0 Å². The summed E-state index contributed by atoms with van der Waals surface area (Å²) >= 11 is 2.11. The van der Waals surface area contributed by atoms with Crippen molar-refractivity contribution >= 4 is 11.8 Å². The summed E-state index contributed by atoms with van der Waals surface area (Å²) in [4.78, 5) is 0. The minimum atomic E-state index is 0.548. The molecule has 0 spiro atoms. The van der Waals surface area contributed by atoms with Crippen LogP contribution in [0.2, 0.25) is 0 Å². The van der Waals surface area contributed by atoms with E-state index in [1.165, 1.54) is 35.5 Å². The van der Waals surface area contributed by atoms with Crippen molar-refractivity contribution in [2.45, 2.75) is 39.7 Å². The van der Waals surface area contributed by atoms with Crippen LogP contribution in [0.4, 0.5) is 0 Å². The first-order chi connectivity index (χ1) is 9.20. The Morgan fingerprint density at radius 1 is 1.37 bits per heavy atom. The van der Waals surface area contributed by atoms with Crippen LogP contribution in [0.5, 0.6) is 0 Å². The molecule has 2 rings (SSSR count). The van der Waals surface area contributed by atoms with Crippen LogP contribution in [0.1, 0.15) is 44.4 Å². The highest BCUT2D eigenvalue weighted by atomic mass is 32.2. The van der Waals surface area contributed by atoms with Gasteiger partial charge in [-0.25, -0.2) is 0 Å². The van der Waals surface area contributed by atoms with Crippen molar-refractivity contribution < 1.29 is 0 Å². The van der Waals surface area contributed by atoms with E-state index in [0.29, 0.717) is 6.04 Å². The van der Waals surface area contributed by atoms with E-state index in [1.807, 2.05) is 0 Å². The summed E-state index contributed by atoms with van der Waals surface area (Å²) < 4.78 is 0. The Morgan fingerprint density at radius 3 is 2.84 bits per heavy atom. The van der Waals surface area contributed by atoms with Gasteiger partial charge in [-0.15, -0.1) is 0 Å². The molecule has 0 aliphatic carbocycles. The minimum Gasteiger partial charge on any atom is -0.310 e. The van der Waals surface area contributed by atoms with Gasteiger partial charge in [0.2, 0.25) is 0 Å². The van der Waals surface area contributed by atoms with Crippen LogP contribution in [-0.2, 0) is 6.42 Å². The van der Waals surface area contributed by atoms with E-state index in [1.54, 1.807) is 0 Å². The van der Waals surface area contributed by atoms with E-state index >= 15 is 0 Å². The summed E-state index contributed by atoms with van der Waals surface area (Å²) in [5.74, 6) is 4.18. The largest absolute Gasteiger partial charge is 0.310 e. The average Bonchev–Trinajstić information content (AvgIpc) is 2.89. The molecule has 106 valence electrons. The molecule has 1 N–H and O–H groups in total. The van der Waals surface area contributed by atoms with Crippen molar-refractivity contribution in [3.63, 3.8) is 0 Å². The highest BCUT2D eigenvalue weighted by Crippen LogP contribution is 2.34. The topological polar surface area (TPSA) is 12.0 Å². The molecule has 0 saturated carbocycles. The van der Waals surface area contributed by atoms with Crippen LogP contribution in [0, 0.1) is 11.8 Å². The standard InChI is InChI=1S/C17H27NS/c1-4-18-17(16-8-9-19-12-16)15-7-5-6-14(11-15)10-13(2)3/h5-7,11,13,16-18H,4,8-10,12H2,1-3H3. The smallest absolute Gasteiger partial charge is 0.0356 e. The molecule has 1 aromatic carbocycles. The van der Waals surface area contributed by atoms with Crippen molar-refractivity contribution in [3.8, 4) is 0 Å². The van der Waals surface area contributed by atoms with Crippen LogP contribution in [0.3, 0.4) is 0 Å². The molecule has 1 saturated heterocycles. The van der Waals surface area contributed by atoms with Gasteiger partial charge in [0.05, 0.1) is 0 Å². The molecule has 1 heterocycles. The molecular weight excluding hydrogens is 250 g/mol. The van der Waals surface area contributed by atoms with Gasteiger partial charge in [0.15, 0.2) is 0 Å². The zero-order chi connectivity index (χ0) is 13.7. The summed E-state index contributed by atoms with van der Waals surface area (Å²) in [7, 11) is 0. The number of hydrogen-bond acceptors (Lipinski definition) is 2. The molecule has 19 heavy (non-hydrogen) atoms. The van der Waals surface area contributed by atoms with Gasteiger partial charge in [-0.05, 0) is 53.9 Å². The van der Waals surface area contributed by atoms with E-state index in [4.69, 9.17) is 0 Å². The Bertz CT molecular complexity index is 383. The Hall–Kier alpha value is -0.470. The fourth-order valence-electron chi connectivity index (χ4n) is 2.98. The average molecular weight is 277 g/mol. The fourth-order valence-corrected chi connectivity index (χ4v) is 4.28. The molecule has 1 aliphatic rings. The second-order valence-corrected chi connectivity index (χ2v) is 7.15. The van der Waals surface area contributed by atoms with Crippen LogP contribution >= 0.6 is 11.8 Å². The molecule has 2 atom stereocenters. The molecule has 1 aliphatic heterocycles. The number of thioether (sulfide) groups is 1. The third-order valence-corrected chi connectivity index (χ3v) is 5.00. The fraction of sp³-hybridized carbons (Fsp3) is 0.647. The second-order valence-electron chi connectivity index (χ2n) is 6.00. The Morgan fingerprint density at radius 2 is 2.21 bits per heavy atom. The van der Waals surface area contributed by atoms with E-state index in [2.05, 4.69) is 62.1 Å². The van der Waals surface area contributed by atoms with Crippen LogP contribution < -0.4 is 5.32 Å². The van der Waals surface area contributed by atoms with Gasteiger partial charge in [-0.2, -0.15) is 11.8 Å². The predicted molar refractivity (Wildman–Crippen MR) is 86.8 cm³/mol. The lowest BCUT2D eigenvalue weighted by molar-refractivity contribution is 0.401. The first-order valence-corrected chi connectivity index (χ1v) is 8.76. The molecule has 2 unspecified atom stereocenters. The maximum Gasteiger partial charge on any atom is 0.0356 e. The zero-order valence-electron chi connectivity index (χ0n) is 12.5. The first-order valence-electron chi connectivity index (χ1n) is 7.60. The van der Waals surface area contributed by atoms with E-state index in [0.717, 1.165) is 18.4 Å². The summed E-state index contributed by atoms with van der Waals surface area (Å²) in [6, 6.07) is 9.79. The minimum absolute atomic E-state index is 0.548. The van der Waals surface area contributed by atoms with Gasteiger partial charge in [-0.1, -0.05) is 45.0 Å². The van der Waals surface area contributed by atoms with Crippen LogP contribution in [0.25, 0.3) is 0 Å². The Balaban J connectivity index is 2.15. The van der Waals surface area contributed by atoms with Crippen molar-refractivity contribution in [1.29, 1.82) is 0 Å². The van der Waals surface area contributed by atoms with Crippen molar-refractivity contribution in [2.75, 3.05) is 18.1 Å². The van der Waals surface area contributed by atoms with Crippen LogP contribution in [0.15, 0.2) is 24.3 Å². The molecule has 1 nitrogen and oxygen atoms in total. The molecule has 1 fully saturated rings. The third-order valence-electron chi connectivity index (χ3n) is 3.81. The number of nitrogens with one attached hydrogen (secondary N) is 1. The zero-order valence-corrected chi connectivity index (χ0v) is 13.3. The van der Waals surface area contributed by atoms with Gasteiger partial charge in [0.25, 0.3) is 0 Å².